The van der Waals surface area contributed by atoms with E-state index in [0.29, 0.717) is 22.5 Å². The fraction of sp³-hybridized carbons (Fsp3) is 0.0909. The summed E-state index contributed by atoms with van der Waals surface area (Å²) in [6.45, 7) is 0. The number of aliphatic hydroxyl groups is 2. The number of para-hydroxylation sites is 2. The second kappa shape index (κ2) is 14.6. The Morgan fingerprint density at radius 1 is 0.645 bits per heavy atom. The Labute approximate surface area is 190 Å². The molecule has 0 aliphatic rings. The number of hydrogen-bond donors (Lipinski definition) is 4. The molecular weight excluding hydrogens is 447 g/mol. The van der Waals surface area contributed by atoms with Crippen LogP contribution in [0.1, 0.15) is 11.1 Å². The van der Waals surface area contributed by atoms with E-state index in [-0.39, 0.29) is 39.5 Å². The van der Waals surface area contributed by atoms with E-state index in [1.807, 2.05) is 0 Å². The number of rotatable bonds is 4. The number of hydrogen-bond acceptors (Lipinski definition) is 8. The van der Waals surface area contributed by atoms with Crippen LogP contribution in [0.2, 0.25) is 0 Å². The maximum absolute atomic E-state index is 11.8. The molecule has 0 atom stereocenters. The fourth-order valence-electron chi connectivity index (χ4n) is 2.22. The largest absolute Gasteiger partial charge is 2.00 e. The molecule has 0 saturated heterocycles. The molecule has 8 nitrogen and oxygen atoms in total. The van der Waals surface area contributed by atoms with Gasteiger partial charge in [-0.3, -0.25) is 9.98 Å². The molecule has 166 valence electrons. The van der Waals surface area contributed by atoms with Crippen LogP contribution in [-0.4, -0.2) is 47.1 Å². The first kappa shape index (κ1) is 27.6. The van der Waals surface area contributed by atoms with E-state index in [1.54, 1.807) is 24.3 Å². The van der Waals surface area contributed by atoms with Crippen molar-refractivity contribution in [2.75, 3.05) is 14.2 Å². The van der Waals surface area contributed by atoms with E-state index in [0.717, 1.165) is 26.4 Å². The quantitative estimate of drug-likeness (QED) is 0.339. The van der Waals surface area contributed by atoms with Gasteiger partial charge in [0.15, 0.2) is 0 Å². The van der Waals surface area contributed by atoms with Gasteiger partial charge in [-0.05, 0) is 47.5 Å². The van der Waals surface area contributed by atoms with Gasteiger partial charge < -0.3 is 30.6 Å². The molecule has 0 aromatic heterocycles. The topological polar surface area (TPSA) is 152 Å². The van der Waals surface area contributed by atoms with E-state index in [4.69, 9.17) is 10.2 Å². The number of aromatic hydroxyl groups is 2. The van der Waals surface area contributed by atoms with E-state index in [9.17, 15) is 20.4 Å². The van der Waals surface area contributed by atoms with Crippen LogP contribution in [0.3, 0.4) is 0 Å². The molecule has 0 heterocycles. The van der Waals surface area contributed by atoms with E-state index >= 15 is 0 Å². The van der Waals surface area contributed by atoms with Crippen molar-refractivity contribution in [3.8, 4) is 23.0 Å². The van der Waals surface area contributed by atoms with Crippen LogP contribution in [0, 0.1) is 0 Å². The van der Waals surface area contributed by atoms with E-state index < -0.39 is 0 Å². The minimum absolute atomic E-state index is 0. The number of aliphatic hydroxyl groups excluding tert-OH is 2. The maximum Gasteiger partial charge on any atom is 2.00 e. The monoisotopic (exact) mass is 468 g/mol. The van der Waals surface area contributed by atoms with Crippen LogP contribution in [-0.2, 0) is 16.5 Å². The average molecular weight is 469 g/mol. The molecular formula is C22H22N2NiO6. The van der Waals surface area contributed by atoms with Crippen molar-refractivity contribution in [1.29, 1.82) is 0 Å². The van der Waals surface area contributed by atoms with Gasteiger partial charge in [-0.2, -0.15) is 0 Å². The zero-order valence-electron chi connectivity index (χ0n) is 16.7. The molecule has 0 spiro atoms. The van der Waals surface area contributed by atoms with Gasteiger partial charge >= 0.3 is 16.5 Å². The van der Waals surface area contributed by atoms with Crippen LogP contribution in [0.25, 0.3) is 0 Å². The first-order valence-electron chi connectivity index (χ1n) is 8.59. The van der Waals surface area contributed by atoms with Crippen LogP contribution in [0.5, 0.6) is 23.0 Å². The van der Waals surface area contributed by atoms with Gasteiger partial charge in [0.25, 0.3) is 0 Å². The molecule has 9 heteroatoms. The third-order valence-electron chi connectivity index (χ3n) is 3.56. The Balaban J connectivity index is 0.00000170. The predicted octanol–water partition coefficient (Wildman–Crippen LogP) is 1.96. The van der Waals surface area contributed by atoms with Crippen molar-refractivity contribution in [3.05, 3.63) is 71.8 Å². The van der Waals surface area contributed by atoms with Crippen molar-refractivity contribution in [2.24, 2.45) is 9.98 Å². The van der Waals surface area contributed by atoms with Crippen molar-refractivity contribution in [2.45, 2.75) is 0 Å². The summed E-state index contributed by atoms with van der Waals surface area (Å²) in [5, 5.41) is 56.1. The van der Waals surface area contributed by atoms with Gasteiger partial charge in [0.1, 0.15) is 11.5 Å². The second-order valence-corrected chi connectivity index (χ2v) is 5.45. The standard InChI is InChI=1S/C20H16N2O4.2CH4O.Ni/c23-15-7-5-13(19(25)9-15)11-21-17-3-1-2-4-18(17)22-12-14-6-8-16(24)10-20(14)26;2*1-2;/h1-12,23-26H;2*2H,1H3;/q;;;+2/p-2. The summed E-state index contributed by atoms with van der Waals surface area (Å²) in [7, 11) is 2.00. The minimum Gasteiger partial charge on any atom is -0.872 e. The molecule has 0 aliphatic heterocycles. The minimum atomic E-state index is -0.338. The molecule has 0 unspecified atom stereocenters. The molecule has 4 N–H and O–H groups in total. The normalized spacial score (nSPS) is 9.94. The molecule has 0 bridgehead atoms. The maximum atomic E-state index is 11.8. The summed E-state index contributed by atoms with van der Waals surface area (Å²) < 4.78 is 0. The third kappa shape index (κ3) is 8.48. The Hall–Kier alpha value is -3.39. The van der Waals surface area contributed by atoms with Crippen LogP contribution < -0.4 is 10.2 Å². The van der Waals surface area contributed by atoms with Gasteiger partial charge in [0, 0.05) is 26.6 Å². The van der Waals surface area contributed by atoms with E-state index in [2.05, 4.69) is 9.98 Å². The first-order chi connectivity index (χ1) is 14.5. The van der Waals surface area contributed by atoms with Crippen molar-refractivity contribution < 1.29 is 47.1 Å². The predicted molar refractivity (Wildman–Crippen MR) is 112 cm³/mol. The molecule has 0 saturated carbocycles. The van der Waals surface area contributed by atoms with Gasteiger partial charge in [-0.25, -0.2) is 0 Å². The molecule has 0 aliphatic carbocycles. The number of benzene rings is 3. The van der Waals surface area contributed by atoms with E-state index in [1.165, 1.54) is 36.7 Å². The third-order valence-corrected chi connectivity index (χ3v) is 3.56. The molecule has 3 rings (SSSR count). The summed E-state index contributed by atoms with van der Waals surface area (Å²) in [5.41, 5.74) is 1.70. The zero-order valence-corrected chi connectivity index (χ0v) is 17.7. The number of nitrogens with zero attached hydrogens (tertiary/aromatic N) is 2. The van der Waals surface area contributed by atoms with Crippen molar-refractivity contribution in [1.82, 2.24) is 0 Å². The number of phenols is 2. The SMILES string of the molecule is CO.CO.[Ni+2].[O-]c1cc(O)ccc1C=Nc1ccccc1N=Cc1ccc(O)cc1[O-]. The summed E-state index contributed by atoms with van der Waals surface area (Å²) in [6, 6.07) is 15.0. The van der Waals surface area contributed by atoms with Crippen molar-refractivity contribution >= 4 is 23.8 Å². The summed E-state index contributed by atoms with van der Waals surface area (Å²) in [4.78, 5) is 8.55. The molecule has 31 heavy (non-hydrogen) atoms. The fourth-order valence-corrected chi connectivity index (χ4v) is 2.22. The molecule has 3 aromatic carbocycles. The molecule has 3 aromatic rings. The Bertz CT molecular complexity index is 929. The van der Waals surface area contributed by atoms with Gasteiger partial charge in [-0.1, -0.05) is 35.8 Å². The number of aliphatic imine (C=N–C) groups is 2. The second-order valence-electron chi connectivity index (χ2n) is 5.45. The smallest absolute Gasteiger partial charge is 0.872 e. The Morgan fingerprint density at radius 2 is 1.00 bits per heavy atom. The first-order valence-corrected chi connectivity index (χ1v) is 8.59. The van der Waals surface area contributed by atoms with Crippen molar-refractivity contribution in [3.63, 3.8) is 0 Å². The molecule has 0 amide bonds. The van der Waals surface area contributed by atoms with Gasteiger partial charge in [-0.15, -0.1) is 0 Å². The summed E-state index contributed by atoms with van der Waals surface area (Å²) in [6.07, 6.45) is 2.80. The average Bonchev–Trinajstić information content (AvgIpc) is 2.76. The van der Waals surface area contributed by atoms with Gasteiger partial charge in [0.2, 0.25) is 0 Å². The zero-order chi connectivity index (χ0) is 22.5. The Kier molecular flexibility index (Phi) is 13.0. The molecule has 0 fully saturated rings. The molecule has 0 radical (unpaired) electrons. The number of phenolic OH excluding ortho intramolecular Hbond substituents is 2. The summed E-state index contributed by atoms with van der Waals surface area (Å²) >= 11 is 0. The van der Waals surface area contributed by atoms with Gasteiger partial charge in [0.05, 0.1) is 11.4 Å². The summed E-state index contributed by atoms with van der Waals surface area (Å²) in [5.74, 6) is -0.872. The van der Waals surface area contributed by atoms with Crippen LogP contribution in [0.4, 0.5) is 11.4 Å². The van der Waals surface area contributed by atoms with Crippen LogP contribution >= 0.6 is 0 Å². The van der Waals surface area contributed by atoms with Crippen LogP contribution in [0.15, 0.2) is 70.6 Å². The Morgan fingerprint density at radius 3 is 1.32 bits per heavy atom.